The van der Waals surface area contributed by atoms with E-state index in [1.54, 1.807) is 7.11 Å². The van der Waals surface area contributed by atoms with E-state index in [4.69, 9.17) is 10.5 Å². The number of hydrogen-bond donors (Lipinski definition) is 2. The molecule has 0 aromatic carbocycles. The molecular weight excluding hydrogens is 228 g/mol. The number of amides is 1. The number of carbonyl (C=O) groups excluding carboxylic acids is 1. The number of hydrogen-bond acceptors (Lipinski definition) is 3. The van der Waals surface area contributed by atoms with E-state index in [0.717, 1.165) is 19.3 Å². The van der Waals surface area contributed by atoms with Gasteiger partial charge in [-0.25, -0.2) is 0 Å². The Bertz CT molecular complexity index is 220. The molecular formula is C14H30N2O2. The molecule has 0 spiro atoms. The van der Waals surface area contributed by atoms with Gasteiger partial charge in [0.05, 0.1) is 12.6 Å². The second-order valence-corrected chi connectivity index (χ2v) is 5.25. The van der Waals surface area contributed by atoms with Gasteiger partial charge in [0, 0.05) is 13.5 Å². The van der Waals surface area contributed by atoms with Crippen molar-refractivity contribution in [3.8, 4) is 0 Å². The van der Waals surface area contributed by atoms with Crippen molar-refractivity contribution in [2.75, 3.05) is 20.3 Å². The molecule has 18 heavy (non-hydrogen) atoms. The standard InChI is InChI=1S/C14H30N2O2/c1-5-13(10-18-4)16-14(17)7-6-12(8-9-15)11(2)3/h11-13H,5-10,15H2,1-4H3,(H,16,17). The number of rotatable bonds is 10. The highest BCUT2D eigenvalue weighted by Crippen LogP contribution is 2.20. The maximum Gasteiger partial charge on any atom is 0.220 e. The maximum atomic E-state index is 11.8. The minimum absolute atomic E-state index is 0.126. The third kappa shape index (κ3) is 7.67. The summed E-state index contributed by atoms with van der Waals surface area (Å²) in [6.45, 7) is 7.72. The molecule has 4 nitrogen and oxygen atoms in total. The van der Waals surface area contributed by atoms with Gasteiger partial charge in [-0.05, 0) is 37.6 Å². The average molecular weight is 258 g/mol. The molecule has 0 radical (unpaired) electrons. The van der Waals surface area contributed by atoms with Gasteiger partial charge in [-0.1, -0.05) is 20.8 Å². The van der Waals surface area contributed by atoms with Gasteiger partial charge >= 0.3 is 0 Å². The number of carbonyl (C=O) groups is 1. The highest BCUT2D eigenvalue weighted by Gasteiger charge is 2.16. The molecule has 108 valence electrons. The Morgan fingerprint density at radius 2 is 2.00 bits per heavy atom. The van der Waals surface area contributed by atoms with Crippen LogP contribution in [-0.4, -0.2) is 32.2 Å². The molecule has 0 saturated carbocycles. The lowest BCUT2D eigenvalue weighted by Gasteiger charge is -2.21. The molecule has 3 N–H and O–H groups in total. The Balaban J connectivity index is 3.99. The van der Waals surface area contributed by atoms with Gasteiger partial charge in [0.15, 0.2) is 0 Å². The third-order valence-electron chi connectivity index (χ3n) is 3.45. The van der Waals surface area contributed by atoms with E-state index in [1.807, 2.05) is 0 Å². The predicted octanol–water partition coefficient (Wildman–Crippen LogP) is 1.93. The molecule has 0 fully saturated rings. The van der Waals surface area contributed by atoms with Crippen LogP contribution < -0.4 is 11.1 Å². The van der Waals surface area contributed by atoms with Crippen molar-refractivity contribution >= 4 is 5.91 Å². The van der Waals surface area contributed by atoms with Gasteiger partial charge in [0.2, 0.25) is 5.91 Å². The van der Waals surface area contributed by atoms with Gasteiger partial charge in [-0.2, -0.15) is 0 Å². The van der Waals surface area contributed by atoms with Gasteiger partial charge in [0.1, 0.15) is 0 Å². The first kappa shape index (κ1) is 17.4. The molecule has 2 atom stereocenters. The quantitative estimate of drug-likeness (QED) is 0.629. The van der Waals surface area contributed by atoms with Crippen molar-refractivity contribution in [3.63, 3.8) is 0 Å². The molecule has 2 unspecified atom stereocenters. The Morgan fingerprint density at radius 3 is 2.44 bits per heavy atom. The van der Waals surface area contributed by atoms with Gasteiger partial charge in [0.25, 0.3) is 0 Å². The molecule has 0 bridgehead atoms. The van der Waals surface area contributed by atoms with E-state index in [1.165, 1.54) is 0 Å². The van der Waals surface area contributed by atoms with Gasteiger partial charge in [-0.15, -0.1) is 0 Å². The lowest BCUT2D eigenvalue weighted by Crippen LogP contribution is -2.37. The highest BCUT2D eigenvalue weighted by molar-refractivity contribution is 5.76. The largest absolute Gasteiger partial charge is 0.383 e. The zero-order valence-electron chi connectivity index (χ0n) is 12.4. The van der Waals surface area contributed by atoms with Crippen LogP contribution in [0.15, 0.2) is 0 Å². The van der Waals surface area contributed by atoms with Crippen molar-refractivity contribution in [2.45, 2.75) is 52.5 Å². The van der Waals surface area contributed by atoms with Crippen LogP contribution >= 0.6 is 0 Å². The molecule has 4 heteroatoms. The van der Waals surface area contributed by atoms with Crippen LogP contribution in [0.3, 0.4) is 0 Å². The van der Waals surface area contributed by atoms with E-state index < -0.39 is 0 Å². The zero-order valence-corrected chi connectivity index (χ0v) is 12.4. The van der Waals surface area contributed by atoms with Crippen LogP contribution in [0.2, 0.25) is 0 Å². The summed E-state index contributed by atoms with van der Waals surface area (Å²) in [6, 6.07) is 0.134. The van der Waals surface area contributed by atoms with Crippen LogP contribution in [-0.2, 0) is 9.53 Å². The first-order valence-corrected chi connectivity index (χ1v) is 7.03. The fourth-order valence-corrected chi connectivity index (χ4v) is 2.10. The minimum atomic E-state index is 0.126. The number of nitrogens with two attached hydrogens (primary N) is 1. The normalized spacial score (nSPS) is 14.6. The van der Waals surface area contributed by atoms with Gasteiger partial charge in [-0.3, -0.25) is 4.79 Å². The molecule has 0 heterocycles. The SMILES string of the molecule is CCC(COC)NC(=O)CCC(CCN)C(C)C. The molecule has 0 aliphatic carbocycles. The fraction of sp³-hybridized carbons (Fsp3) is 0.929. The lowest BCUT2D eigenvalue weighted by molar-refractivity contribution is -0.122. The second kappa shape index (κ2) is 10.3. The molecule has 0 aliphatic rings. The van der Waals surface area contributed by atoms with E-state index >= 15 is 0 Å². The molecule has 0 rings (SSSR count). The summed E-state index contributed by atoms with van der Waals surface area (Å²) in [5.74, 6) is 1.26. The van der Waals surface area contributed by atoms with Crippen LogP contribution in [0.25, 0.3) is 0 Å². The zero-order chi connectivity index (χ0) is 14.0. The Hall–Kier alpha value is -0.610. The van der Waals surface area contributed by atoms with E-state index in [9.17, 15) is 4.79 Å². The van der Waals surface area contributed by atoms with Crippen LogP contribution in [0.1, 0.15) is 46.5 Å². The summed E-state index contributed by atoms with van der Waals surface area (Å²) in [7, 11) is 1.66. The van der Waals surface area contributed by atoms with E-state index in [0.29, 0.717) is 31.4 Å². The van der Waals surface area contributed by atoms with Crippen molar-refractivity contribution in [2.24, 2.45) is 17.6 Å². The summed E-state index contributed by atoms with van der Waals surface area (Å²) in [4.78, 5) is 11.8. The first-order valence-electron chi connectivity index (χ1n) is 7.03. The van der Waals surface area contributed by atoms with E-state index in [-0.39, 0.29) is 11.9 Å². The summed E-state index contributed by atoms with van der Waals surface area (Å²) in [6.07, 6.45) is 3.41. The summed E-state index contributed by atoms with van der Waals surface area (Å²) in [5, 5.41) is 3.01. The smallest absolute Gasteiger partial charge is 0.220 e. The number of methoxy groups -OCH3 is 1. The van der Waals surface area contributed by atoms with Crippen LogP contribution in [0, 0.1) is 11.8 Å². The molecule has 0 aromatic heterocycles. The van der Waals surface area contributed by atoms with Crippen molar-refractivity contribution < 1.29 is 9.53 Å². The maximum absolute atomic E-state index is 11.8. The topological polar surface area (TPSA) is 64.3 Å². The van der Waals surface area contributed by atoms with Crippen molar-refractivity contribution in [1.82, 2.24) is 5.32 Å². The number of ether oxygens (including phenoxy) is 1. The Morgan fingerprint density at radius 1 is 1.33 bits per heavy atom. The molecule has 0 aliphatic heterocycles. The van der Waals surface area contributed by atoms with Crippen LogP contribution in [0.5, 0.6) is 0 Å². The summed E-state index contributed by atoms with van der Waals surface area (Å²) < 4.78 is 5.07. The third-order valence-corrected chi connectivity index (χ3v) is 3.45. The van der Waals surface area contributed by atoms with Gasteiger partial charge < -0.3 is 15.8 Å². The average Bonchev–Trinajstić information content (AvgIpc) is 2.33. The van der Waals surface area contributed by atoms with E-state index in [2.05, 4.69) is 26.1 Å². The predicted molar refractivity (Wildman–Crippen MR) is 75.3 cm³/mol. The molecule has 0 saturated heterocycles. The monoisotopic (exact) mass is 258 g/mol. The first-order chi connectivity index (χ1) is 8.54. The minimum Gasteiger partial charge on any atom is -0.383 e. The summed E-state index contributed by atoms with van der Waals surface area (Å²) in [5.41, 5.74) is 5.60. The molecule has 1 amide bonds. The van der Waals surface area contributed by atoms with Crippen molar-refractivity contribution in [3.05, 3.63) is 0 Å². The molecule has 0 aromatic rings. The highest BCUT2D eigenvalue weighted by atomic mass is 16.5. The van der Waals surface area contributed by atoms with Crippen LogP contribution in [0.4, 0.5) is 0 Å². The summed E-state index contributed by atoms with van der Waals surface area (Å²) >= 11 is 0. The Labute approximate surface area is 112 Å². The second-order valence-electron chi connectivity index (χ2n) is 5.25. The Kier molecular flexibility index (Phi) is 9.98. The number of nitrogens with one attached hydrogen (secondary N) is 1. The van der Waals surface area contributed by atoms with Crippen molar-refractivity contribution in [1.29, 1.82) is 0 Å². The fourth-order valence-electron chi connectivity index (χ4n) is 2.10. The lowest BCUT2D eigenvalue weighted by atomic mass is 9.88.